The molecule has 0 fully saturated rings. The first-order valence-electron chi connectivity index (χ1n) is 5.02. The predicted molar refractivity (Wildman–Crippen MR) is 66.0 cm³/mol. The number of halogens is 1. The number of hydrogen-bond donors (Lipinski definition) is 1. The summed E-state index contributed by atoms with van der Waals surface area (Å²) in [6, 6.07) is 6.82. The number of aromatic nitrogens is 2. The molecule has 0 amide bonds. The minimum Gasteiger partial charge on any atom is -0.479 e. The van der Waals surface area contributed by atoms with E-state index in [1.165, 1.54) is 7.11 Å². The second kappa shape index (κ2) is 5.01. The average Bonchev–Trinajstić information content (AvgIpc) is 2.39. The summed E-state index contributed by atoms with van der Waals surface area (Å²) in [7, 11) is 1.45. The fraction of sp³-hybridized carbons (Fsp3) is 0.0833. The van der Waals surface area contributed by atoms with E-state index >= 15 is 0 Å². The van der Waals surface area contributed by atoms with Gasteiger partial charge in [-0.15, -0.1) is 0 Å². The molecular formula is C12H9ClN2O3. The molecule has 0 saturated carbocycles. The monoisotopic (exact) mass is 264 g/mol. The highest BCUT2D eigenvalue weighted by molar-refractivity contribution is 6.30. The van der Waals surface area contributed by atoms with Gasteiger partial charge in [0.2, 0.25) is 5.88 Å². The van der Waals surface area contributed by atoms with Crippen molar-refractivity contribution in [2.24, 2.45) is 0 Å². The average molecular weight is 265 g/mol. The van der Waals surface area contributed by atoms with Crippen molar-refractivity contribution in [3.63, 3.8) is 0 Å². The maximum Gasteiger partial charge on any atom is 0.356 e. The van der Waals surface area contributed by atoms with Gasteiger partial charge in [-0.3, -0.25) is 0 Å². The van der Waals surface area contributed by atoms with E-state index in [0.29, 0.717) is 16.3 Å². The number of carbonyl (C=O) groups is 1. The molecule has 0 aliphatic carbocycles. The van der Waals surface area contributed by atoms with Gasteiger partial charge in [-0.25, -0.2) is 14.8 Å². The molecule has 1 aromatic heterocycles. The number of benzene rings is 1. The Labute approximate surface area is 108 Å². The Bertz CT molecular complexity index is 584. The van der Waals surface area contributed by atoms with Crippen molar-refractivity contribution in [1.82, 2.24) is 9.97 Å². The minimum atomic E-state index is -1.14. The second-order valence-corrected chi connectivity index (χ2v) is 3.86. The van der Waals surface area contributed by atoms with Crippen molar-refractivity contribution in [3.05, 3.63) is 41.2 Å². The number of hydrogen-bond acceptors (Lipinski definition) is 4. The maximum absolute atomic E-state index is 10.9. The van der Waals surface area contributed by atoms with Gasteiger partial charge in [0.15, 0.2) is 5.69 Å². The highest BCUT2D eigenvalue weighted by Crippen LogP contribution is 2.26. The Morgan fingerprint density at radius 3 is 2.56 bits per heavy atom. The predicted octanol–water partition coefficient (Wildman–Crippen LogP) is 2.50. The van der Waals surface area contributed by atoms with Crippen LogP contribution in [0.5, 0.6) is 5.88 Å². The van der Waals surface area contributed by atoms with Crippen molar-refractivity contribution in [3.8, 4) is 17.1 Å². The Kier molecular flexibility index (Phi) is 3.43. The minimum absolute atomic E-state index is 0.138. The molecule has 5 nitrogen and oxygen atoms in total. The van der Waals surface area contributed by atoms with Crippen LogP contribution in [0.4, 0.5) is 0 Å². The Morgan fingerprint density at radius 1 is 1.33 bits per heavy atom. The van der Waals surface area contributed by atoms with Crippen LogP contribution in [0.25, 0.3) is 11.3 Å². The quantitative estimate of drug-likeness (QED) is 0.922. The van der Waals surface area contributed by atoms with E-state index in [9.17, 15) is 4.79 Å². The summed E-state index contributed by atoms with van der Waals surface area (Å²) in [6.07, 6.45) is 1.15. The highest BCUT2D eigenvalue weighted by Gasteiger charge is 2.13. The lowest BCUT2D eigenvalue weighted by Gasteiger charge is -2.07. The molecule has 6 heteroatoms. The van der Waals surface area contributed by atoms with Crippen LogP contribution in [0.1, 0.15) is 10.5 Å². The van der Waals surface area contributed by atoms with Crippen LogP contribution in [0.3, 0.4) is 0 Å². The van der Waals surface area contributed by atoms with E-state index in [-0.39, 0.29) is 11.6 Å². The number of carboxylic acid groups (broad SMARTS) is 1. The first-order chi connectivity index (χ1) is 8.61. The van der Waals surface area contributed by atoms with E-state index < -0.39 is 5.97 Å². The van der Waals surface area contributed by atoms with Crippen molar-refractivity contribution < 1.29 is 14.6 Å². The largest absolute Gasteiger partial charge is 0.479 e. The summed E-state index contributed by atoms with van der Waals surface area (Å²) in [4.78, 5) is 18.8. The Morgan fingerprint density at radius 2 is 2.00 bits per heavy atom. The van der Waals surface area contributed by atoms with Gasteiger partial charge in [-0.2, -0.15) is 0 Å². The van der Waals surface area contributed by atoms with E-state index in [4.69, 9.17) is 21.4 Å². The van der Waals surface area contributed by atoms with Gasteiger partial charge in [0, 0.05) is 10.6 Å². The number of carboxylic acids is 1. The smallest absolute Gasteiger partial charge is 0.356 e. The zero-order valence-corrected chi connectivity index (χ0v) is 10.2. The van der Waals surface area contributed by atoms with Gasteiger partial charge in [0.25, 0.3) is 0 Å². The van der Waals surface area contributed by atoms with Gasteiger partial charge < -0.3 is 9.84 Å². The molecule has 0 atom stereocenters. The molecule has 2 aromatic rings. The standard InChI is InChI=1S/C12H9ClN2O3/c1-18-11-10(7-2-4-8(13)5-3-7)15-9(6-14-11)12(16)17/h2-6H,1H3,(H,16,17). The van der Waals surface area contributed by atoms with Crippen LogP contribution in [-0.4, -0.2) is 28.2 Å². The number of rotatable bonds is 3. The molecule has 0 spiro atoms. The topological polar surface area (TPSA) is 72.3 Å². The zero-order valence-electron chi connectivity index (χ0n) is 9.42. The van der Waals surface area contributed by atoms with Crippen LogP contribution < -0.4 is 4.74 Å². The summed E-state index contributed by atoms with van der Waals surface area (Å²) in [5.74, 6) is -0.873. The van der Waals surface area contributed by atoms with E-state index in [0.717, 1.165) is 6.20 Å². The highest BCUT2D eigenvalue weighted by atomic mass is 35.5. The van der Waals surface area contributed by atoms with Crippen molar-refractivity contribution >= 4 is 17.6 Å². The molecule has 0 bridgehead atoms. The first kappa shape index (κ1) is 12.3. The Balaban J connectivity index is 2.56. The zero-order chi connectivity index (χ0) is 13.1. The number of methoxy groups -OCH3 is 1. The van der Waals surface area contributed by atoms with Crippen molar-refractivity contribution in [2.75, 3.05) is 7.11 Å². The van der Waals surface area contributed by atoms with Gasteiger partial charge in [-0.1, -0.05) is 23.7 Å². The molecule has 0 aliphatic rings. The second-order valence-electron chi connectivity index (χ2n) is 3.43. The molecule has 18 heavy (non-hydrogen) atoms. The summed E-state index contributed by atoms with van der Waals surface area (Å²) in [5, 5.41) is 9.48. The van der Waals surface area contributed by atoms with E-state index in [1.807, 2.05) is 0 Å². The SMILES string of the molecule is COc1ncc(C(=O)O)nc1-c1ccc(Cl)cc1. The third-order valence-electron chi connectivity index (χ3n) is 2.27. The number of nitrogens with zero attached hydrogens (tertiary/aromatic N) is 2. The van der Waals surface area contributed by atoms with Gasteiger partial charge in [0.05, 0.1) is 13.3 Å². The molecule has 0 radical (unpaired) electrons. The normalized spacial score (nSPS) is 10.1. The molecule has 1 heterocycles. The van der Waals surface area contributed by atoms with Crippen molar-refractivity contribution in [2.45, 2.75) is 0 Å². The maximum atomic E-state index is 10.9. The molecule has 1 aromatic carbocycles. The lowest BCUT2D eigenvalue weighted by Crippen LogP contribution is -2.04. The summed E-state index contributed by atoms with van der Waals surface area (Å²) >= 11 is 5.79. The molecular weight excluding hydrogens is 256 g/mol. The van der Waals surface area contributed by atoms with Crippen LogP contribution in [0, 0.1) is 0 Å². The fourth-order valence-electron chi connectivity index (χ4n) is 1.43. The third kappa shape index (κ3) is 2.41. The lowest BCUT2D eigenvalue weighted by atomic mass is 10.1. The van der Waals surface area contributed by atoms with E-state index in [1.54, 1.807) is 24.3 Å². The fourth-order valence-corrected chi connectivity index (χ4v) is 1.55. The molecule has 1 N–H and O–H groups in total. The van der Waals surface area contributed by atoms with Crippen LogP contribution in [0.2, 0.25) is 5.02 Å². The summed E-state index contributed by atoms with van der Waals surface area (Å²) in [5.41, 5.74) is 0.918. The van der Waals surface area contributed by atoms with Gasteiger partial charge >= 0.3 is 5.97 Å². The third-order valence-corrected chi connectivity index (χ3v) is 2.52. The van der Waals surface area contributed by atoms with E-state index in [2.05, 4.69) is 9.97 Å². The number of aromatic carboxylic acids is 1. The van der Waals surface area contributed by atoms with Crippen LogP contribution in [-0.2, 0) is 0 Å². The summed E-state index contributed by atoms with van der Waals surface area (Å²) < 4.78 is 5.07. The molecule has 0 saturated heterocycles. The van der Waals surface area contributed by atoms with Crippen LogP contribution >= 0.6 is 11.6 Å². The lowest BCUT2D eigenvalue weighted by molar-refractivity contribution is 0.0690. The first-order valence-corrected chi connectivity index (χ1v) is 5.40. The van der Waals surface area contributed by atoms with Gasteiger partial charge in [-0.05, 0) is 12.1 Å². The molecule has 92 valence electrons. The van der Waals surface area contributed by atoms with Crippen LogP contribution in [0.15, 0.2) is 30.5 Å². The molecule has 2 rings (SSSR count). The number of ether oxygens (including phenoxy) is 1. The van der Waals surface area contributed by atoms with Gasteiger partial charge in [0.1, 0.15) is 5.69 Å². The Hall–Kier alpha value is -2.14. The molecule has 0 aliphatic heterocycles. The van der Waals surface area contributed by atoms with Crippen molar-refractivity contribution in [1.29, 1.82) is 0 Å². The molecule has 0 unspecified atom stereocenters. The summed E-state index contributed by atoms with van der Waals surface area (Å²) in [6.45, 7) is 0.